The Balaban J connectivity index is 1.47. The molecule has 158 valence electrons. The van der Waals surface area contributed by atoms with Crippen LogP contribution in [0.5, 0.6) is 5.75 Å². The fourth-order valence-corrected chi connectivity index (χ4v) is 4.93. The van der Waals surface area contributed by atoms with Gasteiger partial charge in [-0.2, -0.15) is 0 Å². The summed E-state index contributed by atoms with van der Waals surface area (Å²) < 4.78 is 5.28. The highest BCUT2D eigenvalue weighted by Gasteiger charge is 2.24. The molecule has 7 heteroatoms. The van der Waals surface area contributed by atoms with E-state index in [2.05, 4.69) is 27.7 Å². The summed E-state index contributed by atoms with van der Waals surface area (Å²) in [6.07, 6.45) is 2.85. The molecule has 0 radical (unpaired) electrons. The van der Waals surface area contributed by atoms with Crippen LogP contribution >= 0.6 is 11.8 Å². The Morgan fingerprint density at radius 3 is 2.70 bits per heavy atom. The minimum atomic E-state index is -0.126. The summed E-state index contributed by atoms with van der Waals surface area (Å²) in [5.74, 6) is 1.45. The largest absolute Gasteiger partial charge is 0.497 e. The number of rotatable bonds is 6. The zero-order valence-electron chi connectivity index (χ0n) is 17.1. The normalized spacial score (nSPS) is 17.6. The lowest BCUT2D eigenvalue weighted by atomic mass is 10.0. The number of amides is 2. The lowest BCUT2D eigenvalue weighted by Crippen LogP contribution is -2.36. The van der Waals surface area contributed by atoms with E-state index in [1.165, 1.54) is 18.4 Å². The Labute approximate surface area is 181 Å². The number of hydrogen-bond acceptors (Lipinski definition) is 5. The van der Waals surface area contributed by atoms with E-state index in [0.29, 0.717) is 18.5 Å². The fraction of sp³-hybridized carbons (Fsp3) is 0.391. The number of anilines is 1. The summed E-state index contributed by atoms with van der Waals surface area (Å²) >= 11 is 1.64. The van der Waals surface area contributed by atoms with Crippen LogP contribution in [0.25, 0.3) is 0 Å². The minimum absolute atomic E-state index is 0.00703. The highest BCUT2D eigenvalue weighted by Crippen LogP contribution is 2.31. The molecule has 2 aromatic carbocycles. The number of nitrogens with zero attached hydrogens (tertiary/aromatic N) is 1. The van der Waals surface area contributed by atoms with Crippen molar-refractivity contribution in [3.8, 4) is 5.75 Å². The predicted molar refractivity (Wildman–Crippen MR) is 119 cm³/mol. The van der Waals surface area contributed by atoms with Crippen molar-refractivity contribution >= 4 is 29.3 Å². The van der Waals surface area contributed by atoms with Gasteiger partial charge in [0.1, 0.15) is 5.75 Å². The number of nitrogens with one attached hydrogen (secondary N) is 2. The molecule has 0 bridgehead atoms. The van der Waals surface area contributed by atoms with Crippen LogP contribution in [0.4, 0.5) is 5.69 Å². The average molecular weight is 426 g/mol. The molecule has 0 aromatic heterocycles. The van der Waals surface area contributed by atoms with E-state index in [0.717, 1.165) is 35.2 Å². The predicted octanol–water partition coefficient (Wildman–Crippen LogP) is 3.70. The van der Waals surface area contributed by atoms with Crippen LogP contribution < -0.4 is 15.4 Å². The lowest BCUT2D eigenvalue weighted by Gasteiger charge is -2.28. The first-order valence-electron chi connectivity index (χ1n) is 10.4. The van der Waals surface area contributed by atoms with Gasteiger partial charge in [-0.15, -0.1) is 11.8 Å². The summed E-state index contributed by atoms with van der Waals surface area (Å²) in [4.78, 5) is 28.2. The first-order valence-corrected chi connectivity index (χ1v) is 11.4. The van der Waals surface area contributed by atoms with Gasteiger partial charge in [0, 0.05) is 29.2 Å². The van der Waals surface area contributed by atoms with E-state index in [1.807, 2.05) is 24.3 Å². The number of likely N-dealkylation sites (tertiary alicyclic amines) is 1. The molecule has 2 heterocycles. The molecule has 2 aliphatic rings. The van der Waals surface area contributed by atoms with Crippen molar-refractivity contribution in [3.05, 3.63) is 53.6 Å². The Morgan fingerprint density at radius 2 is 1.97 bits per heavy atom. The van der Waals surface area contributed by atoms with Crippen LogP contribution in [0.15, 0.2) is 47.4 Å². The van der Waals surface area contributed by atoms with E-state index in [9.17, 15) is 9.59 Å². The van der Waals surface area contributed by atoms with Crippen LogP contribution in [-0.2, 0) is 4.79 Å². The molecule has 2 aromatic rings. The maximum Gasteiger partial charge on any atom is 0.251 e. The molecule has 2 amide bonds. The number of benzene rings is 2. The van der Waals surface area contributed by atoms with Crippen molar-refractivity contribution in [2.24, 2.45) is 0 Å². The Hall–Kier alpha value is -2.51. The van der Waals surface area contributed by atoms with Gasteiger partial charge in [0.15, 0.2) is 0 Å². The summed E-state index contributed by atoms with van der Waals surface area (Å²) in [5, 5.41) is 6.01. The number of ether oxygens (including phenoxy) is 1. The van der Waals surface area contributed by atoms with Gasteiger partial charge in [-0.05, 0) is 61.8 Å². The molecule has 4 rings (SSSR count). The fourth-order valence-electron chi connectivity index (χ4n) is 3.99. The molecule has 1 fully saturated rings. The first kappa shape index (κ1) is 20.8. The molecule has 2 aliphatic heterocycles. The minimum Gasteiger partial charge on any atom is -0.497 e. The zero-order chi connectivity index (χ0) is 20.9. The molecule has 0 spiro atoms. The molecule has 0 aliphatic carbocycles. The van der Waals surface area contributed by atoms with E-state index >= 15 is 0 Å². The average Bonchev–Trinajstić information content (AvgIpc) is 3.22. The monoisotopic (exact) mass is 425 g/mol. The van der Waals surface area contributed by atoms with E-state index in [-0.39, 0.29) is 17.9 Å². The molecule has 30 heavy (non-hydrogen) atoms. The molecule has 1 atom stereocenters. The van der Waals surface area contributed by atoms with Crippen LogP contribution in [0, 0.1) is 0 Å². The van der Waals surface area contributed by atoms with Crippen LogP contribution in [-0.4, -0.2) is 49.2 Å². The Kier molecular flexibility index (Phi) is 6.59. The third-order valence-corrected chi connectivity index (χ3v) is 6.72. The van der Waals surface area contributed by atoms with Crippen molar-refractivity contribution in [1.29, 1.82) is 0 Å². The quantitative estimate of drug-likeness (QED) is 0.739. The van der Waals surface area contributed by atoms with Gasteiger partial charge in [-0.25, -0.2) is 0 Å². The molecular formula is C23H27N3O3S. The summed E-state index contributed by atoms with van der Waals surface area (Å²) in [6, 6.07) is 13.7. The van der Waals surface area contributed by atoms with Gasteiger partial charge >= 0.3 is 0 Å². The van der Waals surface area contributed by atoms with Gasteiger partial charge < -0.3 is 15.4 Å². The van der Waals surface area contributed by atoms with Crippen molar-refractivity contribution in [2.75, 3.05) is 37.8 Å². The third kappa shape index (κ3) is 4.79. The van der Waals surface area contributed by atoms with E-state index < -0.39 is 0 Å². The number of hydrogen-bond donors (Lipinski definition) is 2. The third-order valence-electron chi connectivity index (χ3n) is 5.64. The van der Waals surface area contributed by atoms with Crippen molar-refractivity contribution < 1.29 is 14.3 Å². The molecular weight excluding hydrogens is 398 g/mol. The Morgan fingerprint density at radius 1 is 1.20 bits per heavy atom. The topological polar surface area (TPSA) is 70.7 Å². The van der Waals surface area contributed by atoms with Gasteiger partial charge in [-0.1, -0.05) is 12.1 Å². The maximum absolute atomic E-state index is 12.9. The van der Waals surface area contributed by atoms with Gasteiger partial charge in [-0.3, -0.25) is 14.5 Å². The van der Waals surface area contributed by atoms with Crippen molar-refractivity contribution in [2.45, 2.75) is 30.2 Å². The van der Waals surface area contributed by atoms with Crippen LogP contribution in [0.2, 0.25) is 0 Å². The smallest absolute Gasteiger partial charge is 0.251 e. The zero-order valence-corrected chi connectivity index (χ0v) is 18.0. The highest BCUT2D eigenvalue weighted by molar-refractivity contribution is 7.99. The molecule has 2 N–H and O–H groups in total. The number of fused-ring (bicyclic) bond motifs is 1. The molecule has 1 unspecified atom stereocenters. The number of carbonyl (C=O) groups is 2. The van der Waals surface area contributed by atoms with Gasteiger partial charge in [0.2, 0.25) is 5.91 Å². The second kappa shape index (κ2) is 9.53. The summed E-state index contributed by atoms with van der Waals surface area (Å²) in [7, 11) is 1.66. The molecule has 0 saturated carbocycles. The Bertz CT molecular complexity index is 910. The number of thioether (sulfide) groups is 1. The highest BCUT2D eigenvalue weighted by atomic mass is 32.2. The van der Waals surface area contributed by atoms with Gasteiger partial charge in [0.25, 0.3) is 5.91 Å². The standard InChI is InChI=1S/C23H27N3O3S/c1-29-18-7-4-16(5-8-18)20(26-11-2-3-12-26)15-24-23(28)17-6-9-21-19(14-17)25-22(27)10-13-30-21/h4-9,14,20H,2-3,10-13,15H2,1H3,(H,24,28)(H,25,27). The maximum atomic E-state index is 12.9. The van der Waals surface area contributed by atoms with Crippen molar-refractivity contribution in [3.63, 3.8) is 0 Å². The summed E-state index contributed by atoms with van der Waals surface area (Å²) in [6.45, 7) is 2.60. The first-order chi connectivity index (χ1) is 14.6. The number of methoxy groups -OCH3 is 1. The second-order valence-corrected chi connectivity index (χ2v) is 8.74. The van der Waals surface area contributed by atoms with Crippen LogP contribution in [0.3, 0.4) is 0 Å². The van der Waals surface area contributed by atoms with Gasteiger partial charge in [0.05, 0.1) is 18.8 Å². The SMILES string of the molecule is COc1ccc(C(CNC(=O)c2ccc3c(c2)NC(=O)CCS3)N2CCCC2)cc1. The molecule has 1 saturated heterocycles. The van der Waals surface area contributed by atoms with E-state index in [1.54, 1.807) is 24.9 Å². The molecule has 6 nitrogen and oxygen atoms in total. The number of carbonyl (C=O) groups excluding carboxylic acids is 2. The second-order valence-electron chi connectivity index (χ2n) is 7.60. The van der Waals surface area contributed by atoms with E-state index in [4.69, 9.17) is 4.74 Å². The lowest BCUT2D eigenvalue weighted by molar-refractivity contribution is -0.115. The summed E-state index contributed by atoms with van der Waals surface area (Å²) in [5.41, 5.74) is 2.46. The van der Waals surface area contributed by atoms with Crippen molar-refractivity contribution in [1.82, 2.24) is 10.2 Å². The van der Waals surface area contributed by atoms with Crippen LogP contribution in [0.1, 0.15) is 41.2 Å².